The number of hydrogen-bond acceptors (Lipinski definition) is 4. The minimum Gasteiger partial charge on any atom is -0.494 e. The van der Waals surface area contributed by atoms with Crippen molar-refractivity contribution in [3.8, 4) is 5.75 Å². The first-order valence-corrected chi connectivity index (χ1v) is 8.75. The fourth-order valence-electron chi connectivity index (χ4n) is 3.15. The monoisotopic (exact) mass is 333 g/mol. The first-order valence-electron chi connectivity index (χ1n) is 8.75. The highest BCUT2D eigenvalue weighted by atomic mass is 16.5. The summed E-state index contributed by atoms with van der Waals surface area (Å²) >= 11 is 0. The number of amides is 1. The average Bonchev–Trinajstić information content (AvgIpc) is 2.52. The van der Waals surface area contributed by atoms with Crippen molar-refractivity contribution in [1.29, 1.82) is 0 Å². The first kappa shape index (κ1) is 18.7. The van der Waals surface area contributed by atoms with Crippen molar-refractivity contribution in [3.05, 3.63) is 29.8 Å². The van der Waals surface area contributed by atoms with Gasteiger partial charge >= 0.3 is 0 Å². The van der Waals surface area contributed by atoms with Crippen molar-refractivity contribution in [2.45, 2.75) is 39.8 Å². The molecule has 0 spiro atoms. The average molecular weight is 333 g/mol. The second-order valence-electron chi connectivity index (χ2n) is 7.42. The smallest absolute Gasteiger partial charge is 0.236 e. The van der Waals surface area contributed by atoms with Crippen LogP contribution in [0, 0.1) is 5.41 Å². The Morgan fingerprint density at radius 3 is 2.62 bits per heavy atom. The van der Waals surface area contributed by atoms with Gasteiger partial charge in [0.2, 0.25) is 5.91 Å². The predicted octanol–water partition coefficient (Wildman–Crippen LogP) is 2.10. The second-order valence-corrected chi connectivity index (χ2v) is 7.42. The lowest BCUT2D eigenvalue weighted by molar-refractivity contribution is -0.132. The summed E-state index contributed by atoms with van der Waals surface area (Å²) in [5.74, 6) is 1.01. The lowest BCUT2D eigenvalue weighted by Crippen LogP contribution is -2.54. The van der Waals surface area contributed by atoms with E-state index in [-0.39, 0.29) is 17.4 Å². The molecular formula is C19H31N3O2. The van der Waals surface area contributed by atoms with Crippen molar-refractivity contribution in [2.24, 2.45) is 11.1 Å². The molecule has 1 amide bonds. The van der Waals surface area contributed by atoms with Crippen LogP contribution in [0.1, 0.15) is 32.8 Å². The Morgan fingerprint density at radius 1 is 1.38 bits per heavy atom. The number of benzene rings is 1. The normalized spacial score (nSPS) is 20.6. The van der Waals surface area contributed by atoms with Crippen LogP contribution in [-0.2, 0) is 11.3 Å². The summed E-state index contributed by atoms with van der Waals surface area (Å²) in [6.07, 6.45) is 0.947. The second kappa shape index (κ2) is 7.99. The third kappa shape index (κ3) is 4.95. The molecule has 1 atom stereocenters. The molecule has 2 rings (SSSR count). The van der Waals surface area contributed by atoms with Gasteiger partial charge in [-0.2, -0.15) is 0 Å². The minimum atomic E-state index is 0.0617. The molecule has 1 aliphatic rings. The fourth-order valence-corrected chi connectivity index (χ4v) is 3.15. The molecule has 0 aromatic heterocycles. The van der Waals surface area contributed by atoms with Crippen molar-refractivity contribution >= 4 is 5.91 Å². The Hall–Kier alpha value is -1.59. The number of piperidine rings is 1. The van der Waals surface area contributed by atoms with Gasteiger partial charge in [0.05, 0.1) is 13.2 Å². The molecule has 0 aliphatic carbocycles. The number of hydrogen-bond donors (Lipinski definition) is 1. The van der Waals surface area contributed by atoms with Crippen LogP contribution in [0.25, 0.3) is 0 Å². The summed E-state index contributed by atoms with van der Waals surface area (Å²) in [4.78, 5) is 16.5. The SMILES string of the molecule is CCOc1ccc(CN(C)C(=O)CN2CCC(N)C(C)(C)C2)cc1. The highest BCUT2D eigenvalue weighted by molar-refractivity contribution is 5.78. The summed E-state index contributed by atoms with van der Waals surface area (Å²) in [5.41, 5.74) is 7.34. The van der Waals surface area contributed by atoms with E-state index in [4.69, 9.17) is 10.5 Å². The molecule has 24 heavy (non-hydrogen) atoms. The zero-order chi connectivity index (χ0) is 17.7. The molecule has 1 aliphatic heterocycles. The topological polar surface area (TPSA) is 58.8 Å². The molecule has 1 aromatic carbocycles. The Labute approximate surface area is 145 Å². The Morgan fingerprint density at radius 2 is 2.04 bits per heavy atom. The van der Waals surface area contributed by atoms with E-state index in [0.717, 1.165) is 30.8 Å². The number of likely N-dealkylation sites (N-methyl/N-ethyl adjacent to an activating group) is 1. The van der Waals surface area contributed by atoms with E-state index in [1.54, 1.807) is 4.90 Å². The fraction of sp³-hybridized carbons (Fsp3) is 0.632. The number of nitrogens with zero attached hydrogens (tertiary/aromatic N) is 2. The quantitative estimate of drug-likeness (QED) is 0.866. The molecule has 5 heteroatoms. The number of likely N-dealkylation sites (tertiary alicyclic amines) is 1. The molecule has 0 bridgehead atoms. The highest BCUT2D eigenvalue weighted by Crippen LogP contribution is 2.27. The number of carbonyl (C=O) groups excluding carboxylic acids is 1. The molecule has 1 heterocycles. The Bertz CT molecular complexity index is 542. The summed E-state index contributed by atoms with van der Waals surface area (Å²) in [5, 5.41) is 0. The van der Waals surface area contributed by atoms with Gasteiger partial charge in [0.25, 0.3) is 0 Å². The van der Waals surface area contributed by atoms with E-state index < -0.39 is 0 Å². The molecule has 0 saturated carbocycles. The van der Waals surface area contributed by atoms with Gasteiger partial charge in [0, 0.05) is 32.7 Å². The molecule has 134 valence electrons. The first-order chi connectivity index (χ1) is 11.3. The maximum Gasteiger partial charge on any atom is 0.236 e. The van der Waals surface area contributed by atoms with Gasteiger partial charge in [-0.15, -0.1) is 0 Å². The van der Waals surface area contributed by atoms with Gasteiger partial charge in [-0.1, -0.05) is 26.0 Å². The lowest BCUT2D eigenvalue weighted by Gasteiger charge is -2.42. The molecule has 1 fully saturated rings. The lowest BCUT2D eigenvalue weighted by atomic mass is 9.80. The molecule has 1 unspecified atom stereocenters. The van der Waals surface area contributed by atoms with Gasteiger partial charge in [0.15, 0.2) is 0 Å². The van der Waals surface area contributed by atoms with Crippen LogP contribution >= 0.6 is 0 Å². The number of rotatable bonds is 6. The van der Waals surface area contributed by atoms with Crippen molar-refractivity contribution < 1.29 is 9.53 Å². The van der Waals surface area contributed by atoms with Crippen molar-refractivity contribution in [1.82, 2.24) is 9.80 Å². The van der Waals surface area contributed by atoms with Crippen LogP contribution < -0.4 is 10.5 Å². The summed E-state index contributed by atoms with van der Waals surface area (Å²) in [6, 6.07) is 8.14. The largest absolute Gasteiger partial charge is 0.494 e. The molecular weight excluding hydrogens is 302 g/mol. The van der Waals surface area contributed by atoms with Crippen LogP contribution in [0.2, 0.25) is 0 Å². The van der Waals surface area contributed by atoms with Gasteiger partial charge in [-0.25, -0.2) is 0 Å². The molecule has 1 aromatic rings. The van der Waals surface area contributed by atoms with Gasteiger partial charge in [0.1, 0.15) is 5.75 Å². The molecule has 0 radical (unpaired) electrons. The van der Waals surface area contributed by atoms with Gasteiger partial charge in [-0.05, 0) is 36.5 Å². The maximum atomic E-state index is 12.5. The van der Waals surface area contributed by atoms with Crippen molar-refractivity contribution in [3.63, 3.8) is 0 Å². The van der Waals surface area contributed by atoms with E-state index >= 15 is 0 Å². The van der Waals surface area contributed by atoms with Crippen LogP contribution in [0.5, 0.6) is 5.75 Å². The highest BCUT2D eigenvalue weighted by Gasteiger charge is 2.34. The van der Waals surface area contributed by atoms with Gasteiger partial charge < -0.3 is 15.4 Å². The third-order valence-corrected chi connectivity index (χ3v) is 4.83. The standard InChI is InChI=1S/C19H31N3O2/c1-5-24-16-8-6-15(7-9-16)12-21(4)18(23)13-22-11-10-17(20)19(2,3)14-22/h6-9,17H,5,10-14,20H2,1-4H3. The van der Waals surface area contributed by atoms with Crippen LogP contribution in [0.15, 0.2) is 24.3 Å². The molecule has 2 N–H and O–H groups in total. The van der Waals surface area contributed by atoms with Crippen LogP contribution in [0.3, 0.4) is 0 Å². The van der Waals surface area contributed by atoms with E-state index in [1.807, 2.05) is 38.2 Å². The zero-order valence-corrected chi connectivity index (χ0v) is 15.4. The third-order valence-electron chi connectivity index (χ3n) is 4.83. The van der Waals surface area contributed by atoms with Crippen LogP contribution in [0.4, 0.5) is 0 Å². The number of ether oxygens (including phenoxy) is 1. The van der Waals surface area contributed by atoms with Crippen LogP contribution in [-0.4, -0.2) is 55.0 Å². The number of carbonyl (C=O) groups is 1. The number of nitrogens with two attached hydrogens (primary N) is 1. The molecule has 5 nitrogen and oxygen atoms in total. The summed E-state index contributed by atoms with van der Waals surface area (Å²) in [7, 11) is 1.86. The minimum absolute atomic E-state index is 0.0617. The summed E-state index contributed by atoms with van der Waals surface area (Å²) < 4.78 is 5.44. The summed E-state index contributed by atoms with van der Waals surface area (Å²) in [6.45, 7) is 9.83. The van der Waals surface area contributed by atoms with E-state index in [0.29, 0.717) is 19.7 Å². The van der Waals surface area contributed by atoms with E-state index in [2.05, 4.69) is 18.7 Å². The zero-order valence-electron chi connectivity index (χ0n) is 15.4. The predicted molar refractivity (Wildman–Crippen MR) is 96.9 cm³/mol. The molecule has 1 saturated heterocycles. The Balaban J connectivity index is 1.86. The van der Waals surface area contributed by atoms with E-state index in [1.165, 1.54) is 0 Å². The van der Waals surface area contributed by atoms with Gasteiger partial charge in [-0.3, -0.25) is 9.69 Å². The van der Waals surface area contributed by atoms with Crippen molar-refractivity contribution in [2.75, 3.05) is 33.3 Å². The maximum absolute atomic E-state index is 12.5. The Kier molecular flexibility index (Phi) is 6.24. The van der Waals surface area contributed by atoms with E-state index in [9.17, 15) is 4.79 Å².